The molecule has 0 aliphatic carbocycles. The molecule has 0 bridgehead atoms. The van der Waals surface area contributed by atoms with Gasteiger partial charge < -0.3 is 5.32 Å². The Morgan fingerprint density at radius 2 is 1.79 bits per heavy atom. The van der Waals surface area contributed by atoms with Gasteiger partial charge in [-0.3, -0.25) is 4.79 Å². The number of hydrogen-bond acceptors (Lipinski definition) is 2. The maximum atomic E-state index is 13.6. The fourth-order valence-electron chi connectivity index (χ4n) is 2.29. The summed E-state index contributed by atoms with van der Waals surface area (Å²) in [6.07, 6.45) is 1.43. The number of benzene rings is 2. The average Bonchev–Trinajstić information content (AvgIpc) is 2.95. The zero-order valence-electron chi connectivity index (χ0n) is 12.6. The molecule has 3 rings (SSSR count). The number of hydrogen-bond donors (Lipinski definition) is 1. The second-order valence-corrected chi connectivity index (χ2v) is 6.18. The van der Waals surface area contributed by atoms with Gasteiger partial charge in [-0.05, 0) is 53.8 Å². The van der Waals surface area contributed by atoms with Crippen LogP contribution in [-0.4, -0.2) is 15.7 Å². The van der Waals surface area contributed by atoms with Crippen LogP contribution < -0.4 is 5.32 Å². The predicted molar refractivity (Wildman–Crippen MR) is 95.3 cm³/mol. The fraction of sp³-hybridized carbons (Fsp3) is 0.0588. The van der Waals surface area contributed by atoms with E-state index in [-0.39, 0.29) is 9.26 Å². The molecule has 122 valence electrons. The van der Waals surface area contributed by atoms with Crippen molar-refractivity contribution in [1.82, 2.24) is 9.78 Å². The number of halogens is 3. The van der Waals surface area contributed by atoms with Gasteiger partial charge in [0.25, 0.3) is 5.91 Å². The number of anilines is 1. The Labute approximate surface area is 150 Å². The van der Waals surface area contributed by atoms with Crippen molar-refractivity contribution in [3.05, 3.63) is 75.1 Å². The topological polar surface area (TPSA) is 46.9 Å². The van der Waals surface area contributed by atoms with Crippen LogP contribution in [0.25, 0.3) is 5.69 Å². The van der Waals surface area contributed by atoms with Crippen LogP contribution >= 0.6 is 22.6 Å². The van der Waals surface area contributed by atoms with Gasteiger partial charge in [0.05, 0.1) is 26.7 Å². The Hall–Kier alpha value is -2.29. The van der Waals surface area contributed by atoms with Crippen LogP contribution in [0.1, 0.15) is 16.1 Å². The molecule has 0 spiro atoms. The third kappa shape index (κ3) is 3.16. The molecule has 7 heteroatoms. The summed E-state index contributed by atoms with van der Waals surface area (Å²) in [5.41, 5.74) is 1.84. The van der Waals surface area contributed by atoms with E-state index in [1.54, 1.807) is 34.2 Å². The zero-order chi connectivity index (χ0) is 17.3. The molecule has 2 aromatic carbocycles. The highest BCUT2D eigenvalue weighted by Gasteiger charge is 2.17. The minimum Gasteiger partial charge on any atom is -0.322 e. The van der Waals surface area contributed by atoms with Gasteiger partial charge in [-0.15, -0.1) is 0 Å². The van der Waals surface area contributed by atoms with E-state index in [0.29, 0.717) is 11.3 Å². The second-order valence-electron chi connectivity index (χ2n) is 5.10. The normalized spacial score (nSPS) is 10.7. The smallest absolute Gasteiger partial charge is 0.259 e. The van der Waals surface area contributed by atoms with E-state index in [0.717, 1.165) is 17.8 Å². The lowest BCUT2D eigenvalue weighted by atomic mass is 10.2. The Morgan fingerprint density at radius 3 is 2.42 bits per heavy atom. The van der Waals surface area contributed by atoms with Crippen LogP contribution in [0.3, 0.4) is 0 Å². The van der Waals surface area contributed by atoms with E-state index in [9.17, 15) is 13.6 Å². The van der Waals surface area contributed by atoms with E-state index in [4.69, 9.17) is 0 Å². The van der Waals surface area contributed by atoms with Gasteiger partial charge in [-0.1, -0.05) is 18.2 Å². The first kappa shape index (κ1) is 16.6. The Morgan fingerprint density at radius 1 is 1.17 bits per heavy atom. The molecule has 1 N–H and O–H groups in total. The minimum atomic E-state index is -0.720. The monoisotopic (exact) mass is 439 g/mol. The van der Waals surface area contributed by atoms with Crippen LogP contribution in [0.4, 0.5) is 14.5 Å². The SMILES string of the molecule is Cc1c(C(=O)Nc2cc(F)c(I)c(F)c2)cnn1-c1ccccc1. The van der Waals surface area contributed by atoms with Crippen molar-refractivity contribution in [3.63, 3.8) is 0 Å². The van der Waals surface area contributed by atoms with Gasteiger partial charge in [0.1, 0.15) is 11.6 Å². The largest absolute Gasteiger partial charge is 0.322 e. The van der Waals surface area contributed by atoms with E-state index < -0.39 is 17.5 Å². The van der Waals surface area contributed by atoms with E-state index >= 15 is 0 Å². The third-order valence-electron chi connectivity index (χ3n) is 3.50. The van der Waals surface area contributed by atoms with Gasteiger partial charge in [0, 0.05) is 5.69 Å². The molecule has 1 amide bonds. The maximum absolute atomic E-state index is 13.6. The van der Waals surface area contributed by atoms with Crippen molar-refractivity contribution in [3.8, 4) is 5.69 Å². The van der Waals surface area contributed by atoms with Crippen molar-refractivity contribution >= 4 is 34.2 Å². The molecule has 0 saturated heterocycles. The number of rotatable bonds is 3. The lowest BCUT2D eigenvalue weighted by molar-refractivity contribution is 0.102. The summed E-state index contributed by atoms with van der Waals surface area (Å²) in [7, 11) is 0. The molecular weight excluding hydrogens is 427 g/mol. The van der Waals surface area contributed by atoms with Crippen molar-refractivity contribution in [2.24, 2.45) is 0 Å². The molecule has 0 saturated carbocycles. The highest BCUT2D eigenvalue weighted by atomic mass is 127. The van der Waals surface area contributed by atoms with Crippen LogP contribution in [-0.2, 0) is 0 Å². The lowest BCUT2D eigenvalue weighted by Gasteiger charge is -2.08. The highest BCUT2D eigenvalue weighted by Crippen LogP contribution is 2.21. The maximum Gasteiger partial charge on any atom is 0.259 e. The van der Waals surface area contributed by atoms with Crippen LogP contribution in [0, 0.1) is 22.1 Å². The zero-order valence-corrected chi connectivity index (χ0v) is 14.7. The Balaban J connectivity index is 1.88. The van der Waals surface area contributed by atoms with Gasteiger partial charge in [0.15, 0.2) is 0 Å². The quantitative estimate of drug-likeness (QED) is 0.489. The summed E-state index contributed by atoms with van der Waals surface area (Å²) in [4.78, 5) is 12.4. The van der Waals surface area contributed by atoms with Gasteiger partial charge in [0.2, 0.25) is 0 Å². The number of para-hydroxylation sites is 1. The average molecular weight is 439 g/mol. The van der Waals surface area contributed by atoms with Crippen LogP contribution in [0.15, 0.2) is 48.7 Å². The van der Waals surface area contributed by atoms with Crippen molar-refractivity contribution in [2.45, 2.75) is 6.92 Å². The molecule has 0 aliphatic rings. The Kier molecular flexibility index (Phi) is 4.61. The number of nitrogens with zero attached hydrogens (tertiary/aromatic N) is 2. The molecule has 0 atom stereocenters. The number of amides is 1. The first-order valence-corrected chi connectivity index (χ1v) is 8.11. The van der Waals surface area contributed by atoms with E-state index in [1.807, 2.05) is 30.3 Å². The molecule has 0 aliphatic heterocycles. The molecule has 0 fully saturated rings. The van der Waals surface area contributed by atoms with Gasteiger partial charge in [-0.2, -0.15) is 5.10 Å². The molecule has 0 radical (unpaired) electrons. The molecule has 24 heavy (non-hydrogen) atoms. The second kappa shape index (κ2) is 6.68. The number of carbonyl (C=O) groups is 1. The van der Waals surface area contributed by atoms with E-state index in [2.05, 4.69) is 10.4 Å². The van der Waals surface area contributed by atoms with Crippen LogP contribution in [0.2, 0.25) is 0 Å². The molecule has 0 unspecified atom stereocenters. The summed E-state index contributed by atoms with van der Waals surface area (Å²) in [6, 6.07) is 11.5. The lowest BCUT2D eigenvalue weighted by Crippen LogP contribution is -2.13. The summed E-state index contributed by atoms with van der Waals surface area (Å²) in [5, 5.41) is 6.70. The molecule has 1 heterocycles. The minimum absolute atomic E-state index is 0.0577. The highest BCUT2D eigenvalue weighted by molar-refractivity contribution is 14.1. The standard InChI is InChI=1S/C17H12F2IN3O/c1-10-13(9-21-23(10)12-5-3-2-4-6-12)17(24)22-11-7-14(18)16(20)15(19)8-11/h2-9H,1H3,(H,22,24). The summed E-state index contributed by atoms with van der Waals surface area (Å²) < 4.78 is 28.7. The summed E-state index contributed by atoms with van der Waals surface area (Å²) in [5.74, 6) is -1.92. The van der Waals surface area contributed by atoms with Crippen molar-refractivity contribution < 1.29 is 13.6 Å². The fourth-order valence-corrected chi connectivity index (χ4v) is 2.60. The van der Waals surface area contributed by atoms with Crippen molar-refractivity contribution in [1.29, 1.82) is 0 Å². The molecular formula is C17H12F2IN3O. The number of aromatic nitrogens is 2. The first-order chi connectivity index (χ1) is 11.5. The third-order valence-corrected chi connectivity index (χ3v) is 4.53. The predicted octanol–water partition coefficient (Wildman–Crippen LogP) is 4.32. The first-order valence-electron chi connectivity index (χ1n) is 7.03. The van der Waals surface area contributed by atoms with Crippen molar-refractivity contribution in [2.75, 3.05) is 5.32 Å². The number of nitrogens with one attached hydrogen (secondary N) is 1. The molecule has 1 aromatic heterocycles. The molecule has 3 aromatic rings. The van der Waals surface area contributed by atoms with Crippen LogP contribution in [0.5, 0.6) is 0 Å². The Bertz CT molecular complexity index is 886. The van der Waals surface area contributed by atoms with Gasteiger partial charge >= 0.3 is 0 Å². The summed E-state index contributed by atoms with van der Waals surface area (Å²) in [6.45, 7) is 1.75. The van der Waals surface area contributed by atoms with Gasteiger partial charge in [-0.25, -0.2) is 13.5 Å². The number of carbonyl (C=O) groups excluding carboxylic acids is 1. The summed E-state index contributed by atoms with van der Waals surface area (Å²) >= 11 is 1.57. The molecule has 4 nitrogen and oxygen atoms in total. The van der Waals surface area contributed by atoms with E-state index in [1.165, 1.54) is 6.20 Å².